The Hall–Kier alpha value is -0.870. The molecule has 1 aliphatic carbocycles. The number of esters is 1. The molecular weight excluding hydrogens is 244 g/mol. The van der Waals surface area contributed by atoms with Crippen molar-refractivity contribution in [2.24, 2.45) is 17.3 Å². The van der Waals surface area contributed by atoms with Crippen molar-refractivity contribution in [2.45, 2.75) is 27.7 Å². The van der Waals surface area contributed by atoms with Gasteiger partial charge in [-0.2, -0.15) is 0 Å². The van der Waals surface area contributed by atoms with Gasteiger partial charge < -0.3 is 14.2 Å². The lowest BCUT2D eigenvalue weighted by Crippen LogP contribution is -2.15. The molecule has 0 spiro atoms. The summed E-state index contributed by atoms with van der Waals surface area (Å²) in [5, 5.41) is 0. The number of methoxy groups -OCH3 is 1. The molecule has 0 aliphatic heterocycles. The topological polar surface area (TPSA) is 44.8 Å². The summed E-state index contributed by atoms with van der Waals surface area (Å²) in [6.07, 6.45) is 2.17. The molecule has 1 fully saturated rings. The van der Waals surface area contributed by atoms with Gasteiger partial charge in [0.15, 0.2) is 0 Å². The van der Waals surface area contributed by atoms with Crippen molar-refractivity contribution in [3.05, 3.63) is 11.6 Å². The van der Waals surface area contributed by atoms with Crippen LogP contribution in [-0.2, 0) is 19.0 Å². The Bertz CT molecular complexity index is 329. The van der Waals surface area contributed by atoms with Gasteiger partial charge in [0, 0.05) is 7.11 Å². The van der Waals surface area contributed by atoms with E-state index in [9.17, 15) is 4.79 Å². The molecule has 4 heteroatoms. The van der Waals surface area contributed by atoms with Gasteiger partial charge >= 0.3 is 5.97 Å². The van der Waals surface area contributed by atoms with Crippen molar-refractivity contribution in [1.29, 1.82) is 0 Å². The number of carbonyl (C=O) groups excluding carboxylic acids is 1. The Labute approximate surface area is 116 Å². The number of hydrogen-bond donors (Lipinski definition) is 0. The van der Waals surface area contributed by atoms with E-state index in [1.807, 2.05) is 0 Å². The summed E-state index contributed by atoms with van der Waals surface area (Å²) in [6.45, 7) is 10.2. The summed E-state index contributed by atoms with van der Waals surface area (Å²) in [5.41, 5.74) is 1.27. The van der Waals surface area contributed by atoms with Gasteiger partial charge in [-0.05, 0) is 25.2 Å². The van der Waals surface area contributed by atoms with Crippen molar-refractivity contribution in [1.82, 2.24) is 0 Å². The van der Waals surface area contributed by atoms with Crippen LogP contribution >= 0.6 is 0 Å². The van der Waals surface area contributed by atoms with E-state index in [0.29, 0.717) is 32.3 Å². The smallest absolute Gasteiger partial charge is 0.310 e. The van der Waals surface area contributed by atoms with Gasteiger partial charge in [-0.1, -0.05) is 25.5 Å². The Morgan fingerprint density at radius 3 is 2.37 bits per heavy atom. The number of carbonyl (C=O) groups is 1. The molecule has 0 amide bonds. The molecule has 110 valence electrons. The zero-order valence-electron chi connectivity index (χ0n) is 12.7. The summed E-state index contributed by atoms with van der Waals surface area (Å²) in [4.78, 5) is 12.0. The van der Waals surface area contributed by atoms with Gasteiger partial charge in [0.25, 0.3) is 0 Å². The van der Waals surface area contributed by atoms with Crippen LogP contribution in [0.3, 0.4) is 0 Å². The van der Waals surface area contributed by atoms with Gasteiger partial charge in [-0.3, -0.25) is 4.79 Å². The van der Waals surface area contributed by atoms with Crippen LogP contribution < -0.4 is 0 Å². The fourth-order valence-corrected chi connectivity index (χ4v) is 2.33. The second-order valence-corrected chi connectivity index (χ2v) is 5.84. The molecule has 19 heavy (non-hydrogen) atoms. The van der Waals surface area contributed by atoms with E-state index in [2.05, 4.69) is 33.8 Å². The highest BCUT2D eigenvalue weighted by atomic mass is 16.6. The Morgan fingerprint density at radius 2 is 1.79 bits per heavy atom. The van der Waals surface area contributed by atoms with Crippen LogP contribution in [0.2, 0.25) is 0 Å². The molecule has 2 atom stereocenters. The molecule has 2 unspecified atom stereocenters. The molecule has 4 nitrogen and oxygen atoms in total. The molecule has 0 aromatic rings. The minimum Gasteiger partial charge on any atom is -0.463 e. The molecule has 0 bridgehead atoms. The summed E-state index contributed by atoms with van der Waals surface area (Å²) in [6, 6.07) is 0. The Balaban J connectivity index is 2.26. The normalized spacial score (nSPS) is 23.8. The van der Waals surface area contributed by atoms with E-state index >= 15 is 0 Å². The molecule has 0 N–H and O–H groups in total. The molecule has 0 heterocycles. The largest absolute Gasteiger partial charge is 0.463 e. The van der Waals surface area contributed by atoms with Crippen LogP contribution in [0.1, 0.15) is 27.7 Å². The second kappa shape index (κ2) is 7.06. The minimum absolute atomic E-state index is 0.0126. The van der Waals surface area contributed by atoms with Crippen molar-refractivity contribution in [3.63, 3.8) is 0 Å². The SMILES string of the molecule is COCCOCCOC(=O)C1C(C=C(C)C)C1(C)C. The molecule has 1 rings (SSSR count). The summed E-state index contributed by atoms with van der Waals surface area (Å²) < 4.78 is 15.4. The third-order valence-electron chi connectivity index (χ3n) is 3.58. The zero-order valence-corrected chi connectivity index (χ0v) is 12.7. The number of allylic oxidation sites excluding steroid dienone is 2. The lowest BCUT2D eigenvalue weighted by Gasteiger charge is -2.06. The standard InChI is InChI=1S/C15H26O4/c1-11(2)10-12-13(15(12,3)4)14(16)19-9-8-18-7-6-17-5/h10,12-13H,6-9H2,1-5H3. The number of ether oxygens (including phenoxy) is 3. The molecule has 0 aromatic heterocycles. The lowest BCUT2D eigenvalue weighted by atomic mass is 10.1. The highest BCUT2D eigenvalue weighted by molar-refractivity contribution is 5.78. The van der Waals surface area contributed by atoms with Crippen LogP contribution in [0, 0.1) is 17.3 Å². The van der Waals surface area contributed by atoms with Gasteiger partial charge in [0.2, 0.25) is 0 Å². The van der Waals surface area contributed by atoms with Crippen molar-refractivity contribution in [2.75, 3.05) is 33.5 Å². The molecule has 1 saturated carbocycles. The van der Waals surface area contributed by atoms with E-state index in [1.165, 1.54) is 5.57 Å². The third kappa shape index (κ3) is 4.62. The molecule has 1 aliphatic rings. The molecule has 0 saturated heterocycles. The van der Waals surface area contributed by atoms with E-state index < -0.39 is 0 Å². The first-order chi connectivity index (χ1) is 8.91. The molecule has 0 radical (unpaired) electrons. The van der Waals surface area contributed by atoms with Crippen molar-refractivity contribution >= 4 is 5.97 Å². The predicted molar refractivity (Wildman–Crippen MR) is 73.8 cm³/mol. The lowest BCUT2D eigenvalue weighted by molar-refractivity contribution is -0.147. The van der Waals surface area contributed by atoms with Crippen LogP contribution in [-0.4, -0.2) is 39.5 Å². The van der Waals surface area contributed by atoms with Gasteiger partial charge in [0.05, 0.1) is 25.7 Å². The fraction of sp³-hybridized carbons (Fsp3) is 0.800. The maximum absolute atomic E-state index is 12.0. The molecule has 0 aromatic carbocycles. The second-order valence-electron chi connectivity index (χ2n) is 5.84. The first-order valence-electron chi connectivity index (χ1n) is 6.79. The van der Waals surface area contributed by atoms with E-state index in [4.69, 9.17) is 14.2 Å². The Kier molecular flexibility index (Phi) is 6.01. The summed E-state index contributed by atoms with van der Waals surface area (Å²) in [7, 11) is 1.63. The first-order valence-corrected chi connectivity index (χ1v) is 6.79. The average Bonchev–Trinajstić information content (AvgIpc) is 2.84. The van der Waals surface area contributed by atoms with Crippen molar-refractivity contribution in [3.8, 4) is 0 Å². The van der Waals surface area contributed by atoms with E-state index in [0.717, 1.165) is 0 Å². The van der Waals surface area contributed by atoms with Crippen LogP contribution in [0.4, 0.5) is 0 Å². The minimum atomic E-state index is -0.108. The van der Waals surface area contributed by atoms with Crippen LogP contribution in [0.5, 0.6) is 0 Å². The average molecular weight is 270 g/mol. The quantitative estimate of drug-likeness (QED) is 0.386. The van der Waals surface area contributed by atoms with Crippen LogP contribution in [0.25, 0.3) is 0 Å². The predicted octanol–water partition coefficient (Wildman–Crippen LogP) is 2.43. The zero-order chi connectivity index (χ0) is 14.5. The van der Waals surface area contributed by atoms with Gasteiger partial charge in [-0.15, -0.1) is 0 Å². The van der Waals surface area contributed by atoms with Crippen LogP contribution in [0.15, 0.2) is 11.6 Å². The van der Waals surface area contributed by atoms with Crippen molar-refractivity contribution < 1.29 is 19.0 Å². The number of hydrogen-bond acceptors (Lipinski definition) is 4. The highest BCUT2D eigenvalue weighted by Crippen LogP contribution is 2.59. The fourth-order valence-electron chi connectivity index (χ4n) is 2.33. The third-order valence-corrected chi connectivity index (χ3v) is 3.58. The summed E-state index contributed by atoms with van der Waals surface area (Å²) in [5.74, 6) is 0.184. The summed E-state index contributed by atoms with van der Waals surface area (Å²) >= 11 is 0. The number of rotatable bonds is 8. The van der Waals surface area contributed by atoms with Gasteiger partial charge in [-0.25, -0.2) is 0 Å². The first kappa shape index (κ1) is 16.2. The monoisotopic (exact) mass is 270 g/mol. The van der Waals surface area contributed by atoms with Gasteiger partial charge in [0.1, 0.15) is 6.61 Å². The maximum Gasteiger partial charge on any atom is 0.310 e. The van der Waals surface area contributed by atoms with E-state index in [-0.39, 0.29) is 17.3 Å². The maximum atomic E-state index is 12.0. The van der Waals surface area contributed by atoms with E-state index in [1.54, 1.807) is 7.11 Å². The molecular formula is C15H26O4. The highest BCUT2D eigenvalue weighted by Gasteiger charge is 2.61. The Morgan fingerprint density at radius 1 is 1.16 bits per heavy atom.